The molecular weight excluding hydrogens is 487 g/mol. The first-order valence-electron chi connectivity index (χ1n) is 11.2. The van der Waals surface area contributed by atoms with E-state index < -0.39 is 41.8 Å². The van der Waals surface area contributed by atoms with Crippen LogP contribution in [0.1, 0.15) is 37.4 Å². The predicted molar refractivity (Wildman–Crippen MR) is 123 cm³/mol. The Morgan fingerprint density at radius 3 is 2.59 bits per heavy atom. The maximum absolute atomic E-state index is 13.2. The Kier molecular flexibility index (Phi) is 7.57. The van der Waals surface area contributed by atoms with Crippen LogP contribution in [0.3, 0.4) is 0 Å². The maximum Gasteiger partial charge on any atom is 0.283 e. The summed E-state index contributed by atoms with van der Waals surface area (Å²) in [4.78, 5) is 1.03. The number of piperidine rings is 1. The molecule has 4 N–H and O–H groups in total. The summed E-state index contributed by atoms with van der Waals surface area (Å²) in [5.74, 6) is -0.890. The fourth-order valence-corrected chi connectivity index (χ4v) is 7.53. The average Bonchev–Trinajstić information content (AvgIpc) is 3.51. The number of alkyl halides is 1. The van der Waals surface area contributed by atoms with E-state index in [1.54, 1.807) is 6.08 Å². The number of hydrogen-bond acceptors (Lipinski definition) is 9. The molecule has 15 heteroatoms. The Hall–Kier alpha value is -2.07. The van der Waals surface area contributed by atoms with E-state index in [9.17, 15) is 21.2 Å². The van der Waals surface area contributed by atoms with Crippen LogP contribution in [0.15, 0.2) is 26.4 Å². The van der Waals surface area contributed by atoms with E-state index in [0.717, 1.165) is 25.8 Å². The molecule has 0 bridgehead atoms. The quantitative estimate of drug-likeness (QED) is 0.395. The van der Waals surface area contributed by atoms with Crippen molar-refractivity contribution in [1.82, 2.24) is 30.8 Å². The summed E-state index contributed by atoms with van der Waals surface area (Å²) in [5, 5.41) is 22.5. The molecule has 3 aliphatic rings. The van der Waals surface area contributed by atoms with Crippen LogP contribution in [0.5, 0.6) is 0 Å². The third kappa shape index (κ3) is 5.43. The van der Waals surface area contributed by atoms with Crippen molar-refractivity contribution in [1.29, 1.82) is 0 Å². The van der Waals surface area contributed by atoms with Gasteiger partial charge in [0.1, 0.15) is 4.91 Å². The molecule has 0 radical (unpaired) electrons. The van der Waals surface area contributed by atoms with Gasteiger partial charge in [-0.05, 0) is 57.3 Å². The number of aromatic amines is 1. The van der Waals surface area contributed by atoms with Gasteiger partial charge in [-0.1, -0.05) is 11.3 Å². The number of sulfonamides is 2. The van der Waals surface area contributed by atoms with Crippen LogP contribution in [0.4, 0.5) is 4.39 Å². The lowest BCUT2D eigenvalue weighted by atomic mass is 9.88. The van der Waals surface area contributed by atoms with E-state index in [1.165, 1.54) is 12.3 Å². The summed E-state index contributed by atoms with van der Waals surface area (Å²) in [7, 11) is -8.87. The summed E-state index contributed by atoms with van der Waals surface area (Å²) in [6.45, 7) is 2.14. The number of allylic oxidation sites excluding steroid dienone is 1. The molecule has 3 atom stereocenters. The summed E-state index contributed by atoms with van der Waals surface area (Å²) < 4.78 is 68.4. The summed E-state index contributed by atoms with van der Waals surface area (Å²) in [6.07, 6.45) is 6.93. The van der Waals surface area contributed by atoms with Crippen molar-refractivity contribution in [2.75, 3.05) is 32.9 Å². The Morgan fingerprint density at radius 1 is 1.24 bits per heavy atom. The van der Waals surface area contributed by atoms with Crippen LogP contribution < -0.4 is 10.5 Å². The average molecular weight is 517 g/mol. The number of nitrogens with two attached hydrogens (primary N) is 1. The molecule has 1 aromatic rings. The van der Waals surface area contributed by atoms with Gasteiger partial charge in [-0.15, -0.1) is 10.2 Å². The highest BCUT2D eigenvalue weighted by Crippen LogP contribution is 2.40. The minimum absolute atomic E-state index is 0.0147. The van der Waals surface area contributed by atoms with Gasteiger partial charge in [0.25, 0.3) is 10.0 Å². The van der Waals surface area contributed by atoms with Crippen LogP contribution in [0, 0.1) is 11.8 Å². The normalized spacial score (nSPS) is 27.8. The van der Waals surface area contributed by atoms with Gasteiger partial charge in [-0.2, -0.15) is 18.0 Å². The van der Waals surface area contributed by atoms with Gasteiger partial charge in [-0.3, -0.25) is 9.29 Å². The highest BCUT2D eigenvalue weighted by Gasteiger charge is 2.44. The molecule has 3 unspecified atom stereocenters. The van der Waals surface area contributed by atoms with Gasteiger partial charge in [0.2, 0.25) is 10.0 Å². The lowest BCUT2D eigenvalue weighted by molar-refractivity contribution is 0.136. The van der Waals surface area contributed by atoms with Crippen molar-refractivity contribution < 1.29 is 21.2 Å². The molecule has 4 rings (SSSR count). The minimum atomic E-state index is -4.50. The van der Waals surface area contributed by atoms with Gasteiger partial charge in [0, 0.05) is 24.7 Å². The number of rotatable bonds is 8. The number of hydrogen-bond donors (Lipinski definition) is 3. The monoisotopic (exact) mass is 516 g/mol. The molecular formula is C19H29FN8O4S2. The zero-order chi connectivity index (χ0) is 24.3. The first kappa shape index (κ1) is 25.0. The smallest absolute Gasteiger partial charge is 0.283 e. The molecule has 1 aromatic heterocycles. The fraction of sp³-hybridized carbons (Fsp3) is 0.684. The van der Waals surface area contributed by atoms with E-state index in [0.29, 0.717) is 26.1 Å². The molecule has 2 saturated heterocycles. The molecule has 0 spiro atoms. The Bertz CT molecular complexity index is 1150. The van der Waals surface area contributed by atoms with Crippen LogP contribution in [-0.2, 0) is 20.0 Å². The molecule has 3 heterocycles. The number of halogens is 1. The minimum Gasteiger partial charge on any atom is -0.316 e. The summed E-state index contributed by atoms with van der Waals surface area (Å²) >= 11 is 0. The molecule has 2 fully saturated rings. The van der Waals surface area contributed by atoms with Crippen LogP contribution >= 0.6 is 0 Å². The highest BCUT2D eigenvalue weighted by molar-refractivity contribution is 7.97. The van der Waals surface area contributed by atoms with Crippen LogP contribution in [0.2, 0.25) is 0 Å². The molecule has 0 amide bonds. The molecule has 1 aliphatic carbocycles. The standard InChI is InChI=1S/C19H29FN8O4S2/c20-7-3-13-5-9-28(10-6-13)15-1-2-16(34(31,32)23-12-14-4-8-22-11-14)18(33(21,29)30)17(15)19-24-26-27-25-19/h1-2,12-15,17,22H,3-11H2,(H2,21,29,30)(H,24,25,26,27)/b23-12-. The second kappa shape index (κ2) is 10.3. The third-order valence-corrected chi connectivity index (χ3v) is 9.16. The van der Waals surface area contributed by atoms with E-state index in [1.807, 2.05) is 4.90 Å². The van der Waals surface area contributed by atoms with Crippen LogP contribution in [-0.4, -0.2) is 87.5 Å². The molecule has 34 heavy (non-hydrogen) atoms. The number of primary sulfonamides is 1. The van der Waals surface area contributed by atoms with Crippen molar-refractivity contribution in [3.8, 4) is 0 Å². The lowest BCUT2D eigenvalue weighted by Crippen LogP contribution is -2.46. The molecule has 12 nitrogen and oxygen atoms in total. The molecule has 0 aromatic carbocycles. The van der Waals surface area contributed by atoms with Crippen molar-refractivity contribution in [2.45, 2.75) is 37.6 Å². The first-order chi connectivity index (χ1) is 16.2. The second-order valence-electron chi connectivity index (χ2n) is 8.81. The van der Waals surface area contributed by atoms with E-state index in [-0.39, 0.29) is 24.3 Å². The van der Waals surface area contributed by atoms with Gasteiger partial charge >= 0.3 is 0 Å². The van der Waals surface area contributed by atoms with E-state index >= 15 is 0 Å². The predicted octanol–water partition coefficient (Wildman–Crippen LogP) is -0.196. The van der Waals surface area contributed by atoms with Gasteiger partial charge in [0.05, 0.1) is 17.5 Å². The Morgan fingerprint density at radius 2 is 2.00 bits per heavy atom. The van der Waals surface area contributed by atoms with Gasteiger partial charge in [0.15, 0.2) is 5.82 Å². The Labute approximate surface area is 198 Å². The van der Waals surface area contributed by atoms with E-state index in [2.05, 4.69) is 30.3 Å². The number of H-pyrrole nitrogens is 1. The lowest BCUT2D eigenvalue weighted by Gasteiger charge is -2.40. The largest absolute Gasteiger partial charge is 0.316 e. The molecule has 188 valence electrons. The van der Waals surface area contributed by atoms with Crippen molar-refractivity contribution >= 4 is 26.3 Å². The Balaban J connectivity index is 1.73. The maximum atomic E-state index is 13.2. The SMILES string of the molecule is NS(=O)(=O)C1=C(S(=O)(=O)/N=C\C2CCNC2)C=CC(N2CCC(CCF)CC2)C1c1nn[nH]n1. The van der Waals surface area contributed by atoms with Gasteiger partial charge in [-0.25, -0.2) is 13.6 Å². The number of aromatic nitrogens is 4. The first-order valence-corrected chi connectivity index (χ1v) is 14.2. The van der Waals surface area contributed by atoms with Crippen molar-refractivity contribution in [3.05, 3.63) is 27.8 Å². The molecule has 0 saturated carbocycles. The number of nitrogens with zero attached hydrogens (tertiary/aromatic N) is 5. The zero-order valence-corrected chi connectivity index (χ0v) is 20.2. The number of nitrogens with one attached hydrogen (secondary N) is 2. The van der Waals surface area contributed by atoms with Crippen molar-refractivity contribution in [3.63, 3.8) is 0 Å². The number of tetrazole rings is 1. The van der Waals surface area contributed by atoms with E-state index in [4.69, 9.17) is 5.14 Å². The highest BCUT2D eigenvalue weighted by atomic mass is 32.2. The fourth-order valence-electron chi connectivity index (χ4n) is 4.84. The van der Waals surface area contributed by atoms with Gasteiger partial charge < -0.3 is 5.32 Å². The topological polar surface area (TPSA) is 176 Å². The number of likely N-dealkylation sites (tertiary alicyclic amines) is 1. The molecule has 2 aliphatic heterocycles. The second-order valence-corrected chi connectivity index (χ2v) is 11.9. The van der Waals surface area contributed by atoms with Crippen LogP contribution in [0.25, 0.3) is 0 Å². The zero-order valence-electron chi connectivity index (χ0n) is 18.5. The van der Waals surface area contributed by atoms with Crippen molar-refractivity contribution in [2.24, 2.45) is 21.4 Å². The summed E-state index contributed by atoms with van der Waals surface area (Å²) in [5.41, 5.74) is 0. The third-order valence-electron chi connectivity index (χ3n) is 6.63. The summed E-state index contributed by atoms with van der Waals surface area (Å²) in [6, 6.07) is -0.570.